The molecule has 2 aromatic carbocycles. The van der Waals surface area contributed by atoms with E-state index in [1.807, 2.05) is 27.7 Å². The topological polar surface area (TPSA) is 89.3 Å². The minimum atomic E-state index is -3.42. The molecular formula is C21H28N2O3S. The van der Waals surface area contributed by atoms with Crippen LogP contribution in [-0.4, -0.2) is 26.4 Å². The summed E-state index contributed by atoms with van der Waals surface area (Å²) in [6, 6.07) is 13.4. The average Bonchev–Trinajstić information content (AvgIpc) is 2.62. The summed E-state index contributed by atoms with van der Waals surface area (Å²) in [4.78, 5) is 12.8. The molecule has 0 aliphatic carbocycles. The number of sulfone groups is 1. The number of benzene rings is 2. The molecule has 0 bridgehead atoms. The second kappa shape index (κ2) is 8.23. The Labute approximate surface area is 161 Å². The van der Waals surface area contributed by atoms with Crippen LogP contribution in [0.15, 0.2) is 53.4 Å². The van der Waals surface area contributed by atoms with Crippen LogP contribution >= 0.6 is 0 Å². The number of rotatable bonds is 7. The van der Waals surface area contributed by atoms with Gasteiger partial charge in [0, 0.05) is 12.1 Å². The van der Waals surface area contributed by atoms with Gasteiger partial charge in [-0.05, 0) is 49.6 Å². The van der Waals surface area contributed by atoms with Crippen LogP contribution in [-0.2, 0) is 15.6 Å². The average molecular weight is 389 g/mol. The predicted octanol–water partition coefficient (Wildman–Crippen LogP) is 3.07. The molecule has 1 atom stereocenters. The van der Waals surface area contributed by atoms with Crippen LogP contribution in [0, 0.1) is 12.8 Å². The van der Waals surface area contributed by atoms with Crippen LogP contribution in [0.1, 0.15) is 42.3 Å². The monoisotopic (exact) mass is 388 g/mol. The van der Waals surface area contributed by atoms with Gasteiger partial charge in [0.1, 0.15) is 0 Å². The van der Waals surface area contributed by atoms with Gasteiger partial charge in [-0.15, -0.1) is 0 Å². The van der Waals surface area contributed by atoms with Crippen molar-refractivity contribution in [2.75, 3.05) is 6.54 Å². The Kier molecular flexibility index (Phi) is 6.44. The molecule has 146 valence electrons. The highest BCUT2D eigenvalue weighted by molar-refractivity contribution is 7.90. The van der Waals surface area contributed by atoms with Gasteiger partial charge in [-0.3, -0.25) is 4.79 Å². The molecule has 0 saturated heterocycles. The Bertz CT molecular complexity index is 888. The largest absolute Gasteiger partial charge is 0.345 e. The zero-order valence-corrected chi connectivity index (χ0v) is 17.1. The Balaban J connectivity index is 2.13. The van der Waals surface area contributed by atoms with Crippen LogP contribution in [0.25, 0.3) is 0 Å². The molecule has 27 heavy (non-hydrogen) atoms. The summed E-state index contributed by atoms with van der Waals surface area (Å²) in [5.41, 5.74) is 7.44. The number of amides is 1. The van der Waals surface area contributed by atoms with Gasteiger partial charge >= 0.3 is 0 Å². The van der Waals surface area contributed by atoms with Crippen molar-refractivity contribution in [2.24, 2.45) is 11.7 Å². The highest BCUT2D eigenvalue weighted by Crippen LogP contribution is 2.19. The Morgan fingerprint density at radius 1 is 1.07 bits per heavy atom. The molecular weight excluding hydrogens is 360 g/mol. The number of hydrogen-bond donors (Lipinski definition) is 2. The molecule has 6 heteroatoms. The molecule has 0 spiro atoms. The molecule has 1 amide bonds. The summed E-state index contributed by atoms with van der Waals surface area (Å²) in [6.45, 7) is 8.18. The maximum absolute atomic E-state index is 12.5. The van der Waals surface area contributed by atoms with E-state index in [4.69, 9.17) is 5.73 Å². The minimum Gasteiger partial charge on any atom is -0.345 e. The molecule has 0 saturated carbocycles. The van der Waals surface area contributed by atoms with Crippen LogP contribution in [0.3, 0.4) is 0 Å². The van der Waals surface area contributed by atoms with Crippen LogP contribution in [0.5, 0.6) is 0 Å². The van der Waals surface area contributed by atoms with Gasteiger partial charge in [0.25, 0.3) is 5.91 Å². The number of nitrogens with one attached hydrogen (secondary N) is 1. The van der Waals surface area contributed by atoms with E-state index in [-0.39, 0.29) is 17.6 Å². The summed E-state index contributed by atoms with van der Waals surface area (Å²) < 4.78 is 25.1. The maximum atomic E-state index is 12.5. The van der Waals surface area contributed by atoms with Crippen LogP contribution in [0.2, 0.25) is 0 Å². The molecule has 2 aromatic rings. The first-order valence-electron chi connectivity index (χ1n) is 8.98. The molecule has 3 N–H and O–H groups in total. The van der Waals surface area contributed by atoms with Crippen LogP contribution < -0.4 is 11.1 Å². The first-order chi connectivity index (χ1) is 12.6. The fourth-order valence-electron chi connectivity index (χ4n) is 2.56. The summed E-state index contributed by atoms with van der Waals surface area (Å²) in [6.07, 6.45) is 0. The highest BCUT2D eigenvalue weighted by Gasteiger charge is 2.28. The van der Waals surface area contributed by atoms with Crippen LogP contribution in [0.4, 0.5) is 0 Å². The van der Waals surface area contributed by atoms with Crippen molar-refractivity contribution in [1.29, 1.82) is 0 Å². The number of nitrogens with two attached hydrogens (primary N) is 1. The standard InChI is InChI=1S/C21H28N2O3S/c1-15(2)21(4,14-22)23-20(24)18-9-7-17(8-10-18)13-27(25,26)19-11-5-16(3)6-12-19/h5-12,15H,13-14,22H2,1-4H3,(H,23,24). The fourth-order valence-corrected chi connectivity index (χ4v) is 3.91. The lowest BCUT2D eigenvalue weighted by Crippen LogP contribution is -2.55. The van der Waals surface area contributed by atoms with E-state index < -0.39 is 15.4 Å². The molecule has 0 aliphatic heterocycles. The Hall–Kier alpha value is -2.18. The lowest BCUT2D eigenvalue weighted by Gasteiger charge is -2.33. The Morgan fingerprint density at radius 3 is 2.11 bits per heavy atom. The molecule has 0 aliphatic rings. The number of aryl methyl sites for hydroxylation is 1. The molecule has 0 fully saturated rings. The highest BCUT2D eigenvalue weighted by atomic mass is 32.2. The molecule has 0 heterocycles. The fraction of sp³-hybridized carbons (Fsp3) is 0.381. The van der Waals surface area contributed by atoms with E-state index in [1.165, 1.54) is 0 Å². The number of carbonyl (C=O) groups excluding carboxylic acids is 1. The van der Waals surface area contributed by atoms with E-state index in [1.54, 1.807) is 48.5 Å². The molecule has 0 radical (unpaired) electrons. The van der Waals surface area contributed by atoms with Crippen molar-refractivity contribution in [3.8, 4) is 0 Å². The smallest absolute Gasteiger partial charge is 0.251 e. The van der Waals surface area contributed by atoms with E-state index >= 15 is 0 Å². The first-order valence-corrected chi connectivity index (χ1v) is 10.6. The van der Waals surface area contributed by atoms with Crippen molar-refractivity contribution >= 4 is 15.7 Å². The molecule has 0 aromatic heterocycles. The van der Waals surface area contributed by atoms with Gasteiger partial charge in [-0.2, -0.15) is 0 Å². The van der Waals surface area contributed by atoms with Gasteiger partial charge in [0.15, 0.2) is 9.84 Å². The lowest BCUT2D eigenvalue weighted by atomic mass is 9.88. The van der Waals surface area contributed by atoms with E-state index in [0.29, 0.717) is 22.6 Å². The van der Waals surface area contributed by atoms with Crippen molar-refractivity contribution < 1.29 is 13.2 Å². The maximum Gasteiger partial charge on any atom is 0.251 e. The SMILES string of the molecule is Cc1ccc(S(=O)(=O)Cc2ccc(C(=O)NC(C)(CN)C(C)C)cc2)cc1. The summed E-state index contributed by atoms with van der Waals surface area (Å²) in [7, 11) is -3.42. The number of carbonyl (C=O) groups is 1. The van der Waals surface area contributed by atoms with Gasteiger partial charge < -0.3 is 11.1 Å². The minimum absolute atomic E-state index is 0.107. The Morgan fingerprint density at radius 2 is 1.63 bits per heavy atom. The zero-order chi connectivity index (χ0) is 20.2. The molecule has 2 rings (SSSR count). The predicted molar refractivity (Wildman–Crippen MR) is 108 cm³/mol. The van der Waals surface area contributed by atoms with Gasteiger partial charge in [0.05, 0.1) is 16.2 Å². The van der Waals surface area contributed by atoms with Gasteiger partial charge in [-0.25, -0.2) is 8.42 Å². The van der Waals surface area contributed by atoms with Crippen molar-refractivity contribution in [3.63, 3.8) is 0 Å². The molecule has 1 unspecified atom stereocenters. The third-order valence-corrected chi connectivity index (χ3v) is 6.75. The summed E-state index contributed by atoms with van der Waals surface area (Å²) >= 11 is 0. The first kappa shape index (κ1) is 21.1. The summed E-state index contributed by atoms with van der Waals surface area (Å²) in [5, 5.41) is 2.98. The van der Waals surface area contributed by atoms with Gasteiger partial charge in [-0.1, -0.05) is 43.7 Å². The zero-order valence-electron chi connectivity index (χ0n) is 16.3. The third-order valence-electron chi connectivity index (χ3n) is 5.05. The van der Waals surface area contributed by atoms with Crippen molar-refractivity contribution in [3.05, 3.63) is 65.2 Å². The lowest BCUT2D eigenvalue weighted by molar-refractivity contribution is 0.0883. The quantitative estimate of drug-likeness (QED) is 0.763. The van der Waals surface area contributed by atoms with E-state index in [9.17, 15) is 13.2 Å². The van der Waals surface area contributed by atoms with E-state index in [2.05, 4.69) is 5.32 Å². The van der Waals surface area contributed by atoms with Gasteiger partial charge in [0.2, 0.25) is 0 Å². The number of hydrogen-bond acceptors (Lipinski definition) is 4. The third kappa shape index (κ3) is 5.17. The normalized spacial score (nSPS) is 14.0. The second-order valence-corrected chi connectivity index (χ2v) is 9.49. The second-order valence-electron chi connectivity index (χ2n) is 7.50. The van der Waals surface area contributed by atoms with Crippen molar-refractivity contribution in [1.82, 2.24) is 5.32 Å². The molecule has 5 nitrogen and oxygen atoms in total. The summed E-state index contributed by atoms with van der Waals surface area (Å²) in [5.74, 6) is -0.139. The van der Waals surface area contributed by atoms with Crippen molar-refractivity contribution in [2.45, 2.75) is 43.9 Å². The van der Waals surface area contributed by atoms with E-state index in [0.717, 1.165) is 5.56 Å².